The number of carbonyl (C=O) groups excluding carboxylic acids is 3. The molecular weight excluding hydrogens is 965 g/mol. The summed E-state index contributed by atoms with van der Waals surface area (Å²) in [7, 11) is 0. The minimum Gasteiger partial charge on any atom is -0.508 e. The number of esters is 1. The van der Waals surface area contributed by atoms with Crippen LogP contribution in [0.1, 0.15) is 74.7 Å². The van der Waals surface area contributed by atoms with E-state index in [-0.39, 0.29) is 58.5 Å². The molecule has 0 bridgehead atoms. The zero-order valence-corrected chi connectivity index (χ0v) is 41.2. The molecule has 4 aromatic carbocycles. The van der Waals surface area contributed by atoms with Gasteiger partial charge in [0.05, 0.1) is 61.3 Å². The van der Waals surface area contributed by atoms with Gasteiger partial charge in [-0.1, -0.05) is 36.4 Å². The molecule has 0 aliphatic carbocycles. The van der Waals surface area contributed by atoms with Crippen molar-refractivity contribution in [2.45, 2.75) is 44.4 Å². The van der Waals surface area contributed by atoms with Crippen LogP contribution in [0.5, 0.6) is 23.0 Å². The Morgan fingerprint density at radius 2 is 1.62 bits per heavy atom. The summed E-state index contributed by atoms with van der Waals surface area (Å²) < 4.78 is 31.5. The van der Waals surface area contributed by atoms with E-state index in [0.29, 0.717) is 80.1 Å². The lowest BCUT2D eigenvalue weighted by Crippen LogP contribution is -2.37. The lowest BCUT2D eigenvalue weighted by Gasteiger charge is -2.36. The number of carbonyl (C=O) groups is 3. The van der Waals surface area contributed by atoms with Crippen LogP contribution in [0.3, 0.4) is 0 Å². The minimum atomic E-state index is -1.41. The summed E-state index contributed by atoms with van der Waals surface area (Å²) in [6.45, 7) is 6.72. The van der Waals surface area contributed by atoms with E-state index in [1.54, 1.807) is 43.5 Å². The van der Waals surface area contributed by atoms with E-state index >= 15 is 0 Å². The fourth-order valence-electron chi connectivity index (χ4n) is 10.2. The molecule has 3 aromatic heterocycles. The number of hydrogen-bond donors (Lipinski definition) is 5. The van der Waals surface area contributed by atoms with Gasteiger partial charge in [0.1, 0.15) is 34.5 Å². The van der Waals surface area contributed by atoms with Crippen LogP contribution in [0.2, 0.25) is 0 Å². The van der Waals surface area contributed by atoms with E-state index in [1.165, 1.54) is 24.3 Å². The summed E-state index contributed by atoms with van der Waals surface area (Å²) in [5.74, 6) is 1.11. The van der Waals surface area contributed by atoms with Crippen LogP contribution in [-0.4, -0.2) is 117 Å². The second-order valence-electron chi connectivity index (χ2n) is 18.4. The highest BCUT2D eigenvalue weighted by Crippen LogP contribution is 2.57. The molecule has 11 rings (SSSR count). The van der Waals surface area contributed by atoms with Gasteiger partial charge in [-0.15, -0.1) is 0 Å². The molecule has 5 N–H and O–H groups in total. The minimum absolute atomic E-state index is 0.00951. The summed E-state index contributed by atoms with van der Waals surface area (Å²) >= 11 is 5.47. The van der Waals surface area contributed by atoms with Gasteiger partial charge < -0.3 is 59.3 Å². The van der Waals surface area contributed by atoms with E-state index in [2.05, 4.69) is 31.6 Å². The molecule has 7 heterocycles. The van der Waals surface area contributed by atoms with Crippen molar-refractivity contribution in [3.05, 3.63) is 143 Å². The Morgan fingerprint density at radius 3 is 2.42 bits per heavy atom. The largest absolute Gasteiger partial charge is 0.508 e. The molecule has 1 atom stereocenters. The normalized spacial score (nSPS) is 16.7. The SMILES string of the molecule is CC(=O)N1CCn2c(C3CCOCC3)nc(-c3cccc4cc(-c5ccc(C(=O)NCCOCCOCCNC(=S)Nc6cc7c(cc6O)C6(OC7=O)c7ccccc7Oc7cc(O)ccc76)nc5)ncc34)c2C1. The van der Waals surface area contributed by atoms with Crippen molar-refractivity contribution in [1.82, 2.24) is 35.1 Å². The number of nitrogens with one attached hydrogen (secondary N) is 3. The number of pyridine rings is 2. The third kappa shape index (κ3) is 9.23. The van der Waals surface area contributed by atoms with Crippen LogP contribution in [0.25, 0.3) is 33.3 Å². The van der Waals surface area contributed by atoms with Gasteiger partial charge >= 0.3 is 5.97 Å². The summed E-state index contributed by atoms with van der Waals surface area (Å²) in [6, 6.07) is 26.4. The molecule has 74 heavy (non-hydrogen) atoms. The third-order valence-corrected chi connectivity index (χ3v) is 14.1. The first-order valence-electron chi connectivity index (χ1n) is 24.5. The number of rotatable bonds is 14. The number of aromatic nitrogens is 4. The van der Waals surface area contributed by atoms with Crippen molar-refractivity contribution in [2.24, 2.45) is 0 Å². The zero-order chi connectivity index (χ0) is 50.9. The monoisotopic (exact) mass is 1020 g/mol. The van der Waals surface area contributed by atoms with Gasteiger partial charge in [0.25, 0.3) is 5.91 Å². The van der Waals surface area contributed by atoms with Crippen molar-refractivity contribution < 1.29 is 48.3 Å². The Hall–Kier alpha value is -7.97. The molecule has 7 aromatic rings. The van der Waals surface area contributed by atoms with E-state index in [1.807, 2.05) is 41.4 Å². The van der Waals surface area contributed by atoms with Crippen LogP contribution in [-0.2, 0) is 42.4 Å². The number of nitrogens with zero attached hydrogens (tertiary/aromatic N) is 5. The van der Waals surface area contributed by atoms with E-state index in [4.69, 9.17) is 45.9 Å². The van der Waals surface area contributed by atoms with Crippen LogP contribution in [0.15, 0.2) is 103 Å². The number of fused-ring (bicyclic) bond motifs is 8. The molecule has 1 fully saturated rings. The van der Waals surface area contributed by atoms with E-state index in [9.17, 15) is 24.6 Å². The summed E-state index contributed by atoms with van der Waals surface area (Å²) in [6.07, 6.45) is 5.35. The van der Waals surface area contributed by atoms with Crippen LogP contribution in [0, 0.1) is 0 Å². The Morgan fingerprint density at radius 1 is 0.824 bits per heavy atom. The number of aromatic hydroxyl groups is 2. The number of anilines is 1. The lowest BCUT2D eigenvalue weighted by molar-refractivity contribution is -0.130. The number of amides is 2. The zero-order valence-electron chi connectivity index (χ0n) is 40.4. The fraction of sp³-hybridized carbons (Fsp3) is 0.291. The molecule has 2 amide bonds. The number of phenolic OH excluding ortho intramolecular Hbond substituents is 2. The molecule has 1 saturated heterocycles. The predicted molar refractivity (Wildman–Crippen MR) is 276 cm³/mol. The van der Waals surface area contributed by atoms with E-state index < -0.39 is 11.6 Å². The lowest BCUT2D eigenvalue weighted by atomic mass is 9.77. The van der Waals surface area contributed by atoms with Crippen molar-refractivity contribution in [2.75, 3.05) is 64.6 Å². The molecule has 378 valence electrons. The molecule has 0 radical (unpaired) electrons. The van der Waals surface area contributed by atoms with Crippen molar-refractivity contribution in [3.63, 3.8) is 0 Å². The van der Waals surface area contributed by atoms with Crippen molar-refractivity contribution >= 4 is 51.6 Å². The number of benzene rings is 4. The number of phenols is 2. The molecule has 4 aliphatic heterocycles. The number of hydrogen-bond acceptors (Lipinski definition) is 14. The molecule has 0 saturated carbocycles. The van der Waals surface area contributed by atoms with Gasteiger partial charge in [-0.25, -0.2) is 9.78 Å². The van der Waals surface area contributed by atoms with Gasteiger partial charge in [-0.05, 0) is 79.0 Å². The molecule has 18 nitrogen and oxygen atoms in total. The van der Waals surface area contributed by atoms with Crippen LogP contribution in [0.4, 0.5) is 5.69 Å². The van der Waals surface area contributed by atoms with Crippen molar-refractivity contribution in [3.8, 4) is 45.5 Å². The molecule has 19 heteroatoms. The van der Waals surface area contributed by atoms with E-state index in [0.717, 1.165) is 70.9 Å². The second-order valence-corrected chi connectivity index (χ2v) is 18.8. The topological polar surface area (TPSA) is 221 Å². The first-order valence-corrected chi connectivity index (χ1v) is 24.9. The van der Waals surface area contributed by atoms with Gasteiger partial charge in [-0.3, -0.25) is 19.6 Å². The first kappa shape index (κ1) is 48.3. The molecule has 1 spiro atoms. The van der Waals surface area contributed by atoms with Crippen LogP contribution < -0.4 is 20.7 Å². The average molecular weight is 1020 g/mol. The van der Waals surface area contributed by atoms with Gasteiger partial charge in [0.2, 0.25) is 5.91 Å². The van der Waals surface area contributed by atoms with Crippen molar-refractivity contribution in [1.29, 1.82) is 0 Å². The Labute approximate surface area is 430 Å². The highest BCUT2D eigenvalue weighted by molar-refractivity contribution is 7.80. The van der Waals surface area contributed by atoms with Crippen LogP contribution >= 0.6 is 12.2 Å². The van der Waals surface area contributed by atoms with Gasteiger partial charge in [0.15, 0.2) is 10.7 Å². The highest BCUT2D eigenvalue weighted by Gasteiger charge is 2.54. The number of thiocarbonyl (C=S) groups is 1. The predicted octanol–water partition coefficient (Wildman–Crippen LogP) is 7.15. The standard InChI is InChI=1S/C55H52N8O10S/c1-32(64)62-17-18-63-46(31-62)50(61-51(63)33-13-19-69-20-14-33)37-6-4-5-34-25-44(59-30-39(34)37)35-9-12-43(58-29-35)52(67)56-15-21-70-23-24-71-22-16-57-54(74)60-45-27-38-42(28-47(45)66)55(73-53(38)68)40-7-2-3-8-48(40)72-49-26-36(65)10-11-41(49)55/h2-12,25-30,33,65-66H,13-24,31H2,1H3,(H,56,67)(H2,57,60,74). The maximum Gasteiger partial charge on any atom is 0.340 e. The molecular formula is C55H52N8O10S. The smallest absolute Gasteiger partial charge is 0.340 e. The Kier molecular flexibility index (Phi) is 13.4. The molecule has 1 unspecified atom stereocenters. The number of ether oxygens (including phenoxy) is 5. The highest BCUT2D eigenvalue weighted by atomic mass is 32.1. The summed E-state index contributed by atoms with van der Waals surface area (Å²) in [5.41, 5.74) is 5.20. The average Bonchev–Trinajstić information content (AvgIpc) is 3.93. The summed E-state index contributed by atoms with van der Waals surface area (Å²) in [5, 5.41) is 32.3. The quantitative estimate of drug-likeness (QED) is 0.0316. The number of para-hydroxylation sites is 1. The third-order valence-electron chi connectivity index (χ3n) is 13.9. The number of imidazole rings is 1. The molecule has 4 aliphatic rings. The van der Waals surface area contributed by atoms with Gasteiger partial charge in [0, 0.05) is 104 Å². The maximum atomic E-state index is 13.5. The Balaban J connectivity index is 0.625. The first-order chi connectivity index (χ1) is 36.0. The maximum absolute atomic E-state index is 13.5. The Bertz CT molecular complexity index is 3340. The van der Waals surface area contributed by atoms with Gasteiger partial charge in [-0.2, -0.15) is 0 Å². The second kappa shape index (κ2) is 20.5. The fourth-order valence-corrected chi connectivity index (χ4v) is 10.4. The summed E-state index contributed by atoms with van der Waals surface area (Å²) in [4.78, 5) is 55.3.